The second-order valence-electron chi connectivity index (χ2n) is 3.25. The van der Waals surface area contributed by atoms with E-state index in [1.807, 2.05) is 21.6 Å². The molecule has 0 bridgehead atoms. The van der Waals surface area contributed by atoms with Crippen LogP contribution in [0.5, 0.6) is 0 Å². The molecule has 0 aliphatic carbocycles. The third kappa shape index (κ3) is 4.12. The van der Waals surface area contributed by atoms with Crippen molar-refractivity contribution < 1.29 is 13.3 Å². The number of hydrogen-bond acceptors (Lipinski definition) is 5. The molecule has 1 unspecified atom stereocenters. The van der Waals surface area contributed by atoms with Crippen LogP contribution in [-0.2, 0) is 13.3 Å². The fourth-order valence-electron chi connectivity index (χ4n) is 1.48. The molecule has 0 fully saturated rings. The van der Waals surface area contributed by atoms with Crippen LogP contribution < -0.4 is 0 Å². The third-order valence-corrected chi connectivity index (χ3v) is 7.69. The van der Waals surface area contributed by atoms with E-state index in [9.17, 15) is 0 Å². The van der Waals surface area contributed by atoms with Gasteiger partial charge in [0.1, 0.15) is 0 Å². The second-order valence-corrected chi connectivity index (χ2v) is 8.76. The molecule has 0 radical (unpaired) electrons. The molecule has 1 aliphatic heterocycles. The Labute approximate surface area is 101 Å². The van der Waals surface area contributed by atoms with Crippen molar-refractivity contribution in [3.05, 3.63) is 11.5 Å². The smallest absolute Gasteiger partial charge is 0.377 e. The Bertz CT molecular complexity index is 201. The van der Waals surface area contributed by atoms with E-state index in [0.717, 1.165) is 12.5 Å². The molecule has 3 nitrogen and oxygen atoms in total. The van der Waals surface area contributed by atoms with E-state index in [2.05, 4.69) is 11.5 Å². The van der Waals surface area contributed by atoms with Crippen molar-refractivity contribution in [1.82, 2.24) is 0 Å². The summed E-state index contributed by atoms with van der Waals surface area (Å²) >= 11 is 0. The van der Waals surface area contributed by atoms with Crippen LogP contribution in [0.1, 0.15) is 12.8 Å². The molecule has 0 saturated carbocycles. The fraction of sp³-hybridized carbons (Fsp3) is 0.778. The summed E-state index contributed by atoms with van der Waals surface area (Å²) in [6, 6.07) is 0.895. The van der Waals surface area contributed by atoms with Gasteiger partial charge in [-0.1, -0.05) is 27.7 Å². The molecule has 0 spiro atoms. The Morgan fingerprint density at radius 1 is 1.20 bits per heavy atom. The molecule has 1 atom stereocenters. The van der Waals surface area contributed by atoms with Gasteiger partial charge >= 0.3 is 8.80 Å². The lowest BCUT2D eigenvalue weighted by Crippen LogP contribution is -2.42. The van der Waals surface area contributed by atoms with Crippen molar-refractivity contribution in [2.75, 3.05) is 21.3 Å². The van der Waals surface area contributed by atoms with Crippen LogP contribution in [-0.4, -0.2) is 35.4 Å². The van der Waals surface area contributed by atoms with Crippen LogP contribution in [0.2, 0.25) is 6.04 Å². The molecule has 88 valence electrons. The molecule has 1 aliphatic rings. The molecule has 0 amide bonds. The fourth-order valence-corrected chi connectivity index (χ4v) is 5.48. The van der Waals surface area contributed by atoms with E-state index in [4.69, 9.17) is 13.3 Å². The standard InChI is InChI=1S/C9H18O3S2Si/c1-10-15(11-2,12-3)8-4-5-9-6-7-13-14-9/h6-7,9H,4-5,8H2,1-3H3. The maximum absolute atomic E-state index is 5.37. The number of hydrogen-bond donors (Lipinski definition) is 0. The van der Waals surface area contributed by atoms with E-state index in [0.29, 0.717) is 5.25 Å². The molecular formula is C9H18O3S2Si. The topological polar surface area (TPSA) is 27.7 Å². The third-order valence-electron chi connectivity index (χ3n) is 2.43. The Kier molecular flexibility index (Phi) is 6.33. The highest BCUT2D eigenvalue weighted by Gasteiger charge is 2.37. The summed E-state index contributed by atoms with van der Waals surface area (Å²) in [6.07, 6.45) is 4.51. The highest BCUT2D eigenvalue weighted by molar-refractivity contribution is 8.78. The molecule has 0 aromatic carbocycles. The predicted molar refractivity (Wildman–Crippen MR) is 68.9 cm³/mol. The highest BCUT2D eigenvalue weighted by atomic mass is 33.1. The minimum absolute atomic E-state index is 0.646. The molecule has 6 heteroatoms. The van der Waals surface area contributed by atoms with E-state index < -0.39 is 8.80 Å². The Balaban J connectivity index is 2.24. The quantitative estimate of drug-likeness (QED) is 0.522. The first kappa shape index (κ1) is 13.6. The van der Waals surface area contributed by atoms with Gasteiger partial charge in [-0.15, -0.1) is 0 Å². The van der Waals surface area contributed by atoms with Crippen molar-refractivity contribution in [2.24, 2.45) is 0 Å². The molecular weight excluding hydrogens is 248 g/mol. The molecule has 0 aromatic heterocycles. The molecule has 1 rings (SSSR count). The molecule has 15 heavy (non-hydrogen) atoms. The summed E-state index contributed by atoms with van der Waals surface area (Å²) in [5, 5.41) is 2.80. The van der Waals surface area contributed by atoms with Gasteiger partial charge in [-0.05, 0) is 18.2 Å². The van der Waals surface area contributed by atoms with Crippen molar-refractivity contribution in [3.8, 4) is 0 Å². The summed E-state index contributed by atoms with van der Waals surface area (Å²) in [6.45, 7) is 0. The van der Waals surface area contributed by atoms with Gasteiger partial charge in [0.25, 0.3) is 0 Å². The summed E-state index contributed by atoms with van der Waals surface area (Å²) < 4.78 is 16.1. The van der Waals surface area contributed by atoms with Gasteiger partial charge in [0, 0.05) is 32.6 Å². The zero-order valence-electron chi connectivity index (χ0n) is 9.39. The summed E-state index contributed by atoms with van der Waals surface area (Å²) in [5.41, 5.74) is 0. The van der Waals surface area contributed by atoms with Crippen LogP contribution in [0.4, 0.5) is 0 Å². The molecule has 0 N–H and O–H groups in total. The molecule has 1 heterocycles. The zero-order chi connectivity index (χ0) is 11.1. The Morgan fingerprint density at radius 2 is 1.87 bits per heavy atom. The summed E-state index contributed by atoms with van der Waals surface area (Å²) in [4.78, 5) is 0. The van der Waals surface area contributed by atoms with Gasteiger partial charge in [-0.3, -0.25) is 0 Å². The van der Waals surface area contributed by atoms with Gasteiger partial charge < -0.3 is 13.3 Å². The minimum atomic E-state index is -2.33. The lowest BCUT2D eigenvalue weighted by atomic mass is 10.2. The lowest BCUT2D eigenvalue weighted by Gasteiger charge is -2.24. The van der Waals surface area contributed by atoms with Crippen LogP contribution in [0.15, 0.2) is 11.5 Å². The average Bonchev–Trinajstić information content (AvgIpc) is 2.78. The maximum Gasteiger partial charge on any atom is 0.500 e. The Hall–Kier alpha value is 0.537. The van der Waals surface area contributed by atoms with Gasteiger partial charge in [0.05, 0.1) is 0 Å². The van der Waals surface area contributed by atoms with E-state index >= 15 is 0 Å². The lowest BCUT2D eigenvalue weighted by molar-refractivity contribution is 0.123. The van der Waals surface area contributed by atoms with Crippen molar-refractivity contribution in [1.29, 1.82) is 0 Å². The van der Waals surface area contributed by atoms with E-state index in [1.54, 1.807) is 21.3 Å². The Morgan fingerprint density at radius 3 is 2.33 bits per heavy atom. The van der Waals surface area contributed by atoms with Gasteiger partial charge in [-0.2, -0.15) is 0 Å². The van der Waals surface area contributed by atoms with Crippen molar-refractivity contribution in [2.45, 2.75) is 24.1 Å². The van der Waals surface area contributed by atoms with Gasteiger partial charge in [0.2, 0.25) is 0 Å². The van der Waals surface area contributed by atoms with Gasteiger partial charge in [0.15, 0.2) is 0 Å². The van der Waals surface area contributed by atoms with Crippen LogP contribution in [0.3, 0.4) is 0 Å². The average molecular weight is 266 g/mol. The second kappa shape index (κ2) is 6.98. The largest absolute Gasteiger partial charge is 0.500 e. The predicted octanol–water partition coefficient (Wildman–Crippen LogP) is 2.92. The first-order valence-corrected chi connectivity index (χ1v) is 9.11. The normalized spacial score (nSPS) is 21.1. The van der Waals surface area contributed by atoms with Crippen LogP contribution in [0.25, 0.3) is 0 Å². The minimum Gasteiger partial charge on any atom is -0.377 e. The van der Waals surface area contributed by atoms with Crippen LogP contribution in [0, 0.1) is 0 Å². The summed E-state index contributed by atoms with van der Waals surface area (Å²) in [5.74, 6) is 0. The van der Waals surface area contributed by atoms with Gasteiger partial charge in [-0.25, -0.2) is 0 Å². The van der Waals surface area contributed by atoms with E-state index in [1.165, 1.54) is 6.42 Å². The van der Waals surface area contributed by atoms with Crippen LogP contribution >= 0.6 is 21.6 Å². The maximum atomic E-state index is 5.37. The monoisotopic (exact) mass is 266 g/mol. The number of rotatable bonds is 7. The summed E-state index contributed by atoms with van der Waals surface area (Å²) in [7, 11) is 6.39. The molecule has 0 saturated heterocycles. The highest BCUT2D eigenvalue weighted by Crippen LogP contribution is 2.38. The van der Waals surface area contributed by atoms with Crippen molar-refractivity contribution >= 4 is 30.4 Å². The van der Waals surface area contributed by atoms with Crippen molar-refractivity contribution in [3.63, 3.8) is 0 Å². The zero-order valence-corrected chi connectivity index (χ0v) is 12.0. The first-order chi connectivity index (χ1) is 7.26. The molecule has 0 aromatic rings. The van der Waals surface area contributed by atoms with E-state index in [-0.39, 0.29) is 0 Å². The SMILES string of the molecule is CO[Si](CCCC1C=CSS1)(OC)OC. The first-order valence-electron chi connectivity index (χ1n) is 4.90.